The van der Waals surface area contributed by atoms with Gasteiger partial charge < -0.3 is 15.4 Å². The maximum Gasteiger partial charge on any atom is 0.319 e. The van der Waals surface area contributed by atoms with Crippen LogP contribution in [0.5, 0.6) is 11.5 Å². The number of benzene rings is 3. The number of amides is 2. The Morgan fingerprint density at radius 3 is 2.37 bits per heavy atom. The Morgan fingerprint density at radius 2 is 1.63 bits per heavy atom. The third-order valence-corrected chi connectivity index (χ3v) is 4.45. The normalized spacial score (nSPS) is 11.5. The molecule has 0 aliphatic heterocycles. The summed E-state index contributed by atoms with van der Waals surface area (Å²) < 4.78 is 7.61. The number of rotatable bonds is 7. The predicted octanol–water partition coefficient (Wildman–Crippen LogP) is 4.63. The number of urea groups is 1. The fourth-order valence-corrected chi connectivity index (χ4v) is 3.02. The van der Waals surface area contributed by atoms with E-state index in [4.69, 9.17) is 4.74 Å². The van der Waals surface area contributed by atoms with Crippen LogP contribution in [0.1, 0.15) is 11.6 Å². The second-order valence-corrected chi connectivity index (χ2v) is 6.59. The first-order valence-corrected chi connectivity index (χ1v) is 9.55. The van der Waals surface area contributed by atoms with Gasteiger partial charge in [-0.15, -0.1) is 0 Å². The zero-order valence-electron chi connectivity index (χ0n) is 16.2. The summed E-state index contributed by atoms with van der Waals surface area (Å²) in [6.07, 6.45) is 3.10. The second kappa shape index (κ2) is 9.38. The van der Waals surface area contributed by atoms with Gasteiger partial charge in [0.05, 0.1) is 18.3 Å². The molecule has 0 bridgehead atoms. The van der Waals surface area contributed by atoms with Crippen LogP contribution in [0.4, 0.5) is 10.5 Å². The third kappa shape index (κ3) is 5.02. The molecular formula is C23H21N5O2. The van der Waals surface area contributed by atoms with Crippen molar-refractivity contribution in [2.75, 3.05) is 5.32 Å². The monoisotopic (exact) mass is 399 g/mol. The first-order valence-electron chi connectivity index (χ1n) is 9.55. The van der Waals surface area contributed by atoms with Gasteiger partial charge in [0.25, 0.3) is 0 Å². The van der Waals surface area contributed by atoms with Crippen LogP contribution in [0, 0.1) is 0 Å². The lowest BCUT2D eigenvalue weighted by atomic mass is 10.1. The molecule has 7 nitrogen and oxygen atoms in total. The highest BCUT2D eigenvalue weighted by atomic mass is 16.5. The molecule has 1 aromatic heterocycles. The molecule has 0 aliphatic carbocycles. The minimum atomic E-state index is -0.340. The van der Waals surface area contributed by atoms with E-state index in [1.807, 2.05) is 78.9 Å². The summed E-state index contributed by atoms with van der Waals surface area (Å²) in [5.74, 6) is 1.26. The van der Waals surface area contributed by atoms with E-state index in [1.165, 1.54) is 6.33 Å². The molecule has 30 heavy (non-hydrogen) atoms. The van der Waals surface area contributed by atoms with Crippen molar-refractivity contribution >= 4 is 11.7 Å². The molecule has 0 spiro atoms. The van der Waals surface area contributed by atoms with Gasteiger partial charge in [0, 0.05) is 0 Å². The number of nitrogens with zero attached hydrogens (tertiary/aromatic N) is 3. The van der Waals surface area contributed by atoms with E-state index in [1.54, 1.807) is 17.1 Å². The summed E-state index contributed by atoms with van der Waals surface area (Å²) in [6.45, 7) is 0.458. The highest BCUT2D eigenvalue weighted by Crippen LogP contribution is 2.29. The van der Waals surface area contributed by atoms with Gasteiger partial charge in [-0.3, -0.25) is 4.68 Å². The van der Waals surface area contributed by atoms with Crippen LogP contribution in [0.25, 0.3) is 0 Å². The Labute approximate surface area is 174 Å². The zero-order valence-corrected chi connectivity index (χ0v) is 16.2. The van der Waals surface area contributed by atoms with Gasteiger partial charge in [0.2, 0.25) is 0 Å². The molecule has 0 saturated carbocycles. The number of carbonyl (C=O) groups excluding carboxylic acids is 1. The maximum absolute atomic E-state index is 12.8. The largest absolute Gasteiger partial charge is 0.455 e. The highest BCUT2D eigenvalue weighted by molar-refractivity contribution is 5.91. The van der Waals surface area contributed by atoms with E-state index in [-0.39, 0.29) is 12.1 Å². The molecule has 4 rings (SSSR count). The summed E-state index contributed by atoms with van der Waals surface area (Å²) in [4.78, 5) is 16.8. The minimum Gasteiger partial charge on any atom is -0.455 e. The van der Waals surface area contributed by atoms with Crippen LogP contribution >= 0.6 is 0 Å². The average Bonchev–Trinajstić information content (AvgIpc) is 3.29. The van der Waals surface area contributed by atoms with E-state index in [9.17, 15) is 4.79 Å². The van der Waals surface area contributed by atoms with Gasteiger partial charge in [-0.2, -0.15) is 5.10 Å². The molecule has 0 fully saturated rings. The lowest BCUT2D eigenvalue weighted by Crippen LogP contribution is -2.35. The van der Waals surface area contributed by atoms with Gasteiger partial charge in [-0.05, 0) is 29.8 Å². The van der Waals surface area contributed by atoms with E-state index in [2.05, 4.69) is 20.7 Å². The van der Waals surface area contributed by atoms with E-state index < -0.39 is 0 Å². The molecule has 2 amide bonds. The van der Waals surface area contributed by atoms with Crippen LogP contribution in [0.2, 0.25) is 0 Å². The third-order valence-electron chi connectivity index (χ3n) is 4.45. The summed E-state index contributed by atoms with van der Waals surface area (Å²) >= 11 is 0. The first kappa shape index (κ1) is 19.2. The first-order chi connectivity index (χ1) is 14.8. The molecule has 0 aliphatic rings. The van der Waals surface area contributed by atoms with Crippen LogP contribution in [-0.2, 0) is 6.54 Å². The standard InChI is InChI=1S/C23H21N5O2/c29-23(26-20-13-7-8-14-22(20)30-19-11-5-2-6-12-19)27-21(15-28-17-24-16-25-28)18-9-3-1-4-10-18/h1-14,16-17,21H,15H2,(H2,26,27,29). The smallest absolute Gasteiger partial charge is 0.319 e. The maximum atomic E-state index is 12.8. The van der Waals surface area contributed by atoms with Gasteiger partial charge in [0.15, 0.2) is 5.75 Å². The lowest BCUT2D eigenvalue weighted by Gasteiger charge is -2.20. The molecule has 1 atom stereocenters. The molecule has 7 heteroatoms. The lowest BCUT2D eigenvalue weighted by molar-refractivity contribution is 0.246. The van der Waals surface area contributed by atoms with E-state index >= 15 is 0 Å². The van der Waals surface area contributed by atoms with Gasteiger partial charge >= 0.3 is 6.03 Å². The molecule has 1 unspecified atom stereocenters. The Morgan fingerprint density at radius 1 is 0.933 bits per heavy atom. The number of aromatic nitrogens is 3. The number of nitrogens with one attached hydrogen (secondary N) is 2. The summed E-state index contributed by atoms with van der Waals surface area (Å²) in [7, 11) is 0. The molecule has 1 heterocycles. The van der Waals surface area contributed by atoms with Crippen molar-refractivity contribution in [3.8, 4) is 11.5 Å². The SMILES string of the molecule is O=C(Nc1ccccc1Oc1ccccc1)NC(Cn1cncn1)c1ccccc1. The number of ether oxygens (including phenoxy) is 1. The number of hydrogen-bond acceptors (Lipinski definition) is 4. The Hall–Kier alpha value is -4.13. The Bertz CT molecular complexity index is 1070. The van der Waals surface area contributed by atoms with Crippen LogP contribution < -0.4 is 15.4 Å². The van der Waals surface area contributed by atoms with Crippen molar-refractivity contribution < 1.29 is 9.53 Å². The fraction of sp³-hybridized carbons (Fsp3) is 0.0870. The zero-order chi connectivity index (χ0) is 20.6. The molecule has 150 valence electrons. The Balaban J connectivity index is 1.49. The van der Waals surface area contributed by atoms with Crippen LogP contribution in [-0.4, -0.2) is 20.8 Å². The molecule has 3 aromatic carbocycles. The summed E-state index contributed by atoms with van der Waals surface area (Å²) in [6, 6.07) is 25.9. The van der Waals surface area contributed by atoms with Crippen molar-refractivity contribution in [3.05, 3.63) is 103 Å². The molecule has 0 radical (unpaired) electrons. The number of carbonyl (C=O) groups is 1. The van der Waals surface area contributed by atoms with Gasteiger partial charge in [0.1, 0.15) is 18.4 Å². The number of para-hydroxylation sites is 3. The quantitative estimate of drug-likeness (QED) is 0.475. The second-order valence-electron chi connectivity index (χ2n) is 6.59. The van der Waals surface area contributed by atoms with Gasteiger partial charge in [-0.25, -0.2) is 9.78 Å². The van der Waals surface area contributed by atoms with Crippen molar-refractivity contribution in [3.63, 3.8) is 0 Å². The summed E-state index contributed by atoms with van der Waals surface area (Å²) in [5.41, 5.74) is 1.54. The molecule has 2 N–H and O–H groups in total. The number of hydrogen-bond donors (Lipinski definition) is 2. The minimum absolute atomic E-state index is 0.282. The van der Waals surface area contributed by atoms with Crippen LogP contribution in [0.3, 0.4) is 0 Å². The van der Waals surface area contributed by atoms with Crippen molar-refractivity contribution in [2.24, 2.45) is 0 Å². The molecule has 4 aromatic rings. The Kier molecular flexibility index (Phi) is 6.00. The van der Waals surface area contributed by atoms with Gasteiger partial charge in [-0.1, -0.05) is 60.7 Å². The molecular weight excluding hydrogens is 378 g/mol. The van der Waals surface area contributed by atoms with Crippen molar-refractivity contribution in [1.82, 2.24) is 20.1 Å². The topological polar surface area (TPSA) is 81.1 Å². The fourth-order valence-electron chi connectivity index (χ4n) is 3.02. The van der Waals surface area contributed by atoms with Crippen molar-refractivity contribution in [2.45, 2.75) is 12.6 Å². The predicted molar refractivity (Wildman–Crippen MR) is 114 cm³/mol. The summed E-state index contributed by atoms with van der Waals surface area (Å²) in [5, 5.41) is 10.1. The van der Waals surface area contributed by atoms with Crippen LogP contribution in [0.15, 0.2) is 97.6 Å². The van der Waals surface area contributed by atoms with E-state index in [0.29, 0.717) is 23.7 Å². The molecule has 0 saturated heterocycles. The van der Waals surface area contributed by atoms with Crippen molar-refractivity contribution in [1.29, 1.82) is 0 Å². The highest BCUT2D eigenvalue weighted by Gasteiger charge is 2.17. The average molecular weight is 399 g/mol. The number of anilines is 1. The van der Waals surface area contributed by atoms with E-state index in [0.717, 1.165) is 5.56 Å².